The van der Waals surface area contributed by atoms with E-state index in [9.17, 15) is 0 Å². The van der Waals surface area contributed by atoms with Crippen molar-refractivity contribution in [2.24, 2.45) is 0 Å². The molecule has 0 saturated carbocycles. The van der Waals surface area contributed by atoms with E-state index in [-0.39, 0.29) is 7.47 Å². The summed E-state index contributed by atoms with van der Waals surface area (Å²) < 4.78 is 5.75. The molecule has 0 amide bonds. The Morgan fingerprint density at radius 3 is 2.07 bits per heavy atom. The molecule has 0 saturated heterocycles. The molecule has 80 valence electrons. The first-order chi connectivity index (χ1) is 7.11. The first kappa shape index (κ1) is 12.1. The molecular formula is C10H6Br4O. The van der Waals surface area contributed by atoms with E-state index in [1.54, 1.807) is 6.26 Å². The van der Waals surface area contributed by atoms with E-state index < -0.39 is 0 Å². The topological polar surface area (TPSA) is 13.1 Å². The van der Waals surface area contributed by atoms with E-state index in [1.165, 1.54) is 5.56 Å². The number of hydrogen-bond acceptors (Lipinski definition) is 1. The highest BCUT2D eigenvalue weighted by Gasteiger charge is 2.15. The van der Waals surface area contributed by atoms with Crippen molar-refractivity contribution in [3.63, 3.8) is 0 Å². The quantitative estimate of drug-likeness (QED) is 0.499. The second-order valence-corrected chi connectivity index (χ2v) is 9.13. The van der Waals surface area contributed by atoms with Crippen LogP contribution in [-0.2, 0) is 0 Å². The van der Waals surface area contributed by atoms with Crippen LogP contribution in [0, 0.1) is 0 Å². The number of alkyl halides is 4. The predicted molar refractivity (Wildman–Crippen MR) is 77.4 cm³/mol. The van der Waals surface area contributed by atoms with Crippen LogP contribution < -0.4 is 0 Å². The highest BCUT2D eigenvalue weighted by Crippen LogP contribution is 2.40. The molecule has 1 aromatic heterocycles. The summed E-state index contributed by atoms with van der Waals surface area (Å²) in [7, 11) is 0. The number of benzene rings is 1. The first-order valence-electron chi connectivity index (χ1n) is 4.17. The van der Waals surface area contributed by atoms with Crippen molar-refractivity contribution >= 4 is 74.7 Å². The largest absolute Gasteiger partial charge is 0.464 e. The molecule has 0 unspecified atom stereocenters. The van der Waals surface area contributed by atoms with Crippen LogP contribution in [-0.4, -0.2) is 0 Å². The summed E-state index contributed by atoms with van der Waals surface area (Å²) in [5.74, 6) is 0. The van der Waals surface area contributed by atoms with Crippen LogP contribution in [0.1, 0.15) is 18.6 Å². The van der Waals surface area contributed by atoms with Crippen molar-refractivity contribution in [1.82, 2.24) is 0 Å². The third-order valence-electron chi connectivity index (χ3n) is 2.15. The minimum atomic E-state index is 0.108. The fraction of sp³-hybridized carbons (Fsp3) is 0.200. The van der Waals surface area contributed by atoms with Crippen molar-refractivity contribution in [2.75, 3.05) is 0 Å². The summed E-state index contributed by atoms with van der Waals surface area (Å²) in [5, 5.41) is 1.12. The fourth-order valence-corrected chi connectivity index (χ4v) is 2.99. The minimum absolute atomic E-state index is 0.108. The summed E-state index contributed by atoms with van der Waals surface area (Å²) in [6, 6.07) is 6.10. The standard InChI is InChI=1S/C10H6Br4O/c11-9(12)6-1-2-7(10(13)14)8-5(6)3-4-15-8/h1-4,9-10H. The van der Waals surface area contributed by atoms with E-state index in [1.807, 2.05) is 12.1 Å². The fourth-order valence-electron chi connectivity index (χ4n) is 1.47. The number of fused-ring (bicyclic) bond motifs is 1. The lowest BCUT2D eigenvalue weighted by Crippen LogP contribution is -1.87. The second-order valence-electron chi connectivity index (χ2n) is 3.01. The van der Waals surface area contributed by atoms with E-state index in [0.717, 1.165) is 16.5 Å². The van der Waals surface area contributed by atoms with Gasteiger partial charge in [0.15, 0.2) is 0 Å². The Labute approximate surface area is 121 Å². The van der Waals surface area contributed by atoms with Gasteiger partial charge in [0.2, 0.25) is 0 Å². The lowest BCUT2D eigenvalue weighted by atomic mass is 10.1. The normalized spacial score (nSPS) is 11.9. The summed E-state index contributed by atoms with van der Waals surface area (Å²) in [4.78, 5) is 0. The van der Waals surface area contributed by atoms with Gasteiger partial charge in [0.05, 0.1) is 13.7 Å². The van der Waals surface area contributed by atoms with Gasteiger partial charge < -0.3 is 4.42 Å². The SMILES string of the molecule is BrC(Br)c1ccc(C(Br)Br)c2occc12. The molecule has 15 heavy (non-hydrogen) atoms. The molecule has 5 heteroatoms. The number of rotatable bonds is 2. The summed E-state index contributed by atoms with van der Waals surface area (Å²) >= 11 is 14.0. The second kappa shape index (κ2) is 4.90. The Bertz CT molecular complexity index is 433. The molecule has 2 aromatic rings. The smallest absolute Gasteiger partial charge is 0.139 e. The van der Waals surface area contributed by atoms with Gasteiger partial charge in [0.1, 0.15) is 5.58 Å². The minimum Gasteiger partial charge on any atom is -0.464 e. The zero-order chi connectivity index (χ0) is 11.0. The van der Waals surface area contributed by atoms with Crippen LogP contribution in [0.15, 0.2) is 28.9 Å². The average Bonchev–Trinajstić information content (AvgIpc) is 2.63. The maximum Gasteiger partial charge on any atom is 0.139 e. The number of hydrogen-bond donors (Lipinski definition) is 0. The van der Waals surface area contributed by atoms with Crippen molar-refractivity contribution in [3.8, 4) is 0 Å². The first-order valence-corrected chi connectivity index (χ1v) is 7.84. The van der Waals surface area contributed by atoms with Gasteiger partial charge in [-0.3, -0.25) is 0 Å². The Morgan fingerprint density at radius 1 is 0.867 bits per heavy atom. The Balaban J connectivity index is 2.71. The van der Waals surface area contributed by atoms with Crippen LogP contribution in [0.5, 0.6) is 0 Å². The Hall–Kier alpha value is 0.680. The number of furan rings is 1. The van der Waals surface area contributed by atoms with Crippen molar-refractivity contribution in [2.45, 2.75) is 7.47 Å². The maximum absolute atomic E-state index is 5.50. The van der Waals surface area contributed by atoms with Gasteiger partial charge >= 0.3 is 0 Å². The molecule has 1 heterocycles. The lowest BCUT2D eigenvalue weighted by molar-refractivity contribution is 0.613. The van der Waals surface area contributed by atoms with E-state index in [0.29, 0.717) is 0 Å². The molecule has 0 spiro atoms. The Morgan fingerprint density at radius 2 is 1.47 bits per heavy atom. The van der Waals surface area contributed by atoms with Crippen molar-refractivity contribution < 1.29 is 4.42 Å². The van der Waals surface area contributed by atoms with Gasteiger partial charge in [-0.2, -0.15) is 0 Å². The molecular weight excluding hydrogens is 456 g/mol. The summed E-state index contributed by atoms with van der Waals surface area (Å²) in [6.45, 7) is 0. The summed E-state index contributed by atoms with van der Waals surface area (Å²) in [6.07, 6.45) is 1.71. The molecule has 1 nitrogen and oxygen atoms in total. The van der Waals surface area contributed by atoms with Crippen LogP contribution in [0.3, 0.4) is 0 Å². The van der Waals surface area contributed by atoms with Gasteiger partial charge in [0.25, 0.3) is 0 Å². The van der Waals surface area contributed by atoms with Gasteiger partial charge in [-0.05, 0) is 11.6 Å². The molecule has 0 aliphatic rings. The molecule has 1 aromatic carbocycles. The third-order valence-corrected chi connectivity index (χ3v) is 4.12. The molecule has 0 radical (unpaired) electrons. The molecule has 0 fully saturated rings. The molecule has 0 aliphatic carbocycles. The van der Waals surface area contributed by atoms with Gasteiger partial charge in [-0.1, -0.05) is 75.9 Å². The average molecular weight is 462 g/mol. The molecule has 2 rings (SSSR count). The summed E-state index contributed by atoms with van der Waals surface area (Å²) in [5.41, 5.74) is 3.18. The van der Waals surface area contributed by atoms with Gasteiger partial charge in [-0.25, -0.2) is 0 Å². The van der Waals surface area contributed by atoms with Crippen LogP contribution in [0.25, 0.3) is 11.0 Å². The van der Waals surface area contributed by atoms with Crippen LogP contribution >= 0.6 is 63.7 Å². The predicted octanol–water partition coefficient (Wildman–Crippen LogP) is 6.01. The highest BCUT2D eigenvalue weighted by atomic mass is 79.9. The zero-order valence-electron chi connectivity index (χ0n) is 7.38. The van der Waals surface area contributed by atoms with Crippen LogP contribution in [0.2, 0.25) is 0 Å². The molecule has 0 atom stereocenters. The van der Waals surface area contributed by atoms with Gasteiger partial charge in [-0.15, -0.1) is 0 Å². The van der Waals surface area contributed by atoms with E-state index in [2.05, 4.69) is 69.8 Å². The van der Waals surface area contributed by atoms with Gasteiger partial charge in [0, 0.05) is 10.9 Å². The lowest BCUT2D eigenvalue weighted by Gasteiger charge is -2.08. The third kappa shape index (κ3) is 2.35. The monoisotopic (exact) mass is 458 g/mol. The highest BCUT2D eigenvalue weighted by molar-refractivity contribution is 9.24. The Kier molecular flexibility index (Phi) is 3.97. The molecule has 0 aliphatic heterocycles. The van der Waals surface area contributed by atoms with Crippen molar-refractivity contribution in [1.29, 1.82) is 0 Å². The van der Waals surface area contributed by atoms with E-state index >= 15 is 0 Å². The van der Waals surface area contributed by atoms with Crippen molar-refractivity contribution in [3.05, 3.63) is 35.6 Å². The molecule has 0 bridgehead atoms. The van der Waals surface area contributed by atoms with Crippen LogP contribution in [0.4, 0.5) is 0 Å². The number of halogens is 4. The molecule has 0 N–H and O–H groups in total. The maximum atomic E-state index is 5.50. The van der Waals surface area contributed by atoms with E-state index in [4.69, 9.17) is 4.42 Å². The zero-order valence-corrected chi connectivity index (χ0v) is 13.7.